The van der Waals surface area contributed by atoms with Crippen LogP contribution < -0.4 is 18.9 Å². The standard InChI is InChI=1S/C17H20BrNO5S/c1-12(11-24-15-7-5-14(22-2)6-8-15)19-25(20,21)17-10-13(18)4-9-16(17)23-3/h4-10,12,19H,11H2,1-3H3/t12-/m1/s1. The predicted octanol–water partition coefficient (Wildman–Crippen LogP) is 3.21. The lowest BCUT2D eigenvalue weighted by molar-refractivity contribution is 0.287. The minimum Gasteiger partial charge on any atom is -0.497 e. The van der Waals surface area contributed by atoms with Crippen molar-refractivity contribution in [1.29, 1.82) is 0 Å². The van der Waals surface area contributed by atoms with Crippen LogP contribution in [-0.4, -0.2) is 35.3 Å². The molecule has 0 saturated heterocycles. The molecule has 2 aromatic carbocycles. The minimum absolute atomic E-state index is 0.0701. The number of hydrogen-bond acceptors (Lipinski definition) is 5. The molecule has 25 heavy (non-hydrogen) atoms. The number of rotatable bonds is 8. The molecule has 2 rings (SSSR count). The van der Waals surface area contributed by atoms with Crippen molar-refractivity contribution < 1.29 is 22.6 Å². The fourth-order valence-corrected chi connectivity index (χ4v) is 4.05. The average Bonchev–Trinajstić information content (AvgIpc) is 2.60. The zero-order chi connectivity index (χ0) is 18.4. The van der Waals surface area contributed by atoms with Gasteiger partial charge in [0, 0.05) is 4.47 Å². The lowest BCUT2D eigenvalue weighted by Gasteiger charge is -2.17. The van der Waals surface area contributed by atoms with Gasteiger partial charge in [-0.05, 0) is 49.4 Å². The quantitative estimate of drug-likeness (QED) is 0.697. The molecule has 0 aliphatic heterocycles. The van der Waals surface area contributed by atoms with Gasteiger partial charge in [-0.1, -0.05) is 15.9 Å². The first-order valence-corrected chi connectivity index (χ1v) is 9.76. The highest BCUT2D eigenvalue weighted by molar-refractivity contribution is 9.10. The van der Waals surface area contributed by atoms with Crippen LogP contribution in [0.15, 0.2) is 51.8 Å². The van der Waals surface area contributed by atoms with Crippen molar-refractivity contribution in [2.24, 2.45) is 0 Å². The average molecular weight is 430 g/mol. The van der Waals surface area contributed by atoms with Crippen molar-refractivity contribution in [3.63, 3.8) is 0 Å². The lowest BCUT2D eigenvalue weighted by atomic mass is 10.3. The van der Waals surface area contributed by atoms with Crippen LogP contribution in [0.4, 0.5) is 0 Å². The summed E-state index contributed by atoms with van der Waals surface area (Å²) < 4.78 is 44.2. The van der Waals surface area contributed by atoms with E-state index in [1.54, 1.807) is 50.4 Å². The molecule has 0 heterocycles. The molecule has 0 aliphatic carbocycles. The molecular weight excluding hydrogens is 410 g/mol. The minimum atomic E-state index is -3.74. The van der Waals surface area contributed by atoms with Crippen LogP contribution in [0.2, 0.25) is 0 Å². The Hall–Kier alpha value is -1.77. The van der Waals surface area contributed by atoms with Crippen molar-refractivity contribution in [3.8, 4) is 17.2 Å². The maximum Gasteiger partial charge on any atom is 0.244 e. The Morgan fingerprint density at radius 2 is 1.68 bits per heavy atom. The summed E-state index contributed by atoms with van der Waals surface area (Å²) in [5.41, 5.74) is 0. The molecule has 0 bridgehead atoms. The van der Waals surface area contributed by atoms with E-state index in [9.17, 15) is 8.42 Å². The Labute approximate surface area is 156 Å². The molecule has 8 heteroatoms. The van der Waals surface area contributed by atoms with Crippen molar-refractivity contribution in [2.75, 3.05) is 20.8 Å². The van der Waals surface area contributed by atoms with Crippen molar-refractivity contribution >= 4 is 26.0 Å². The second kappa shape index (κ2) is 8.55. The second-order valence-electron chi connectivity index (χ2n) is 5.30. The van der Waals surface area contributed by atoms with E-state index in [0.29, 0.717) is 10.2 Å². The Balaban J connectivity index is 2.03. The highest BCUT2D eigenvalue weighted by Gasteiger charge is 2.22. The topological polar surface area (TPSA) is 73.9 Å². The van der Waals surface area contributed by atoms with E-state index in [-0.39, 0.29) is 17.3 Å². The summed E-state index contributed by atoms with van der Waals surface area (Å²) in [5.74, 6) is 1.63. The van der Waals surface area contributed by atoms with Crippen LogP contribution >= 0.6 is 15.9 Å². The molecular formula is C17H20BrNO5S. The SMILES string of the molecule is COc1ccc(OC[C@@H](C)NS(=O)(=O)c2cc(Br)ccc2OC)cc1. The van der Waals surface area contributed by atoms with Crippen molar-refractivity contribution in [2.45, 2.75) is 17.9 Å². The normalized spacial score (nSPS) is 12.5. The monoisotopic (exact) mass is 429 g/mol. The zero-order valence-electron chi connectivity index (χ0n) is 14.2. The third-order valence-electron chi connectivity index (χ3n) is 3.33. The number of halogens is 1. The first-order valence-electron chi connectivity index (χ1n) is 7.48. The van der Waals surface area contributed by atoms with E-state index in [1.807, 2.05) is 0 Å². The molecule has 1 atom stereocenters. The van der Waals surface area contributed by atoms with Crippen LogP contribution in [0.25, 0.3) is 0 Å². The molecule has 1 N–H and O–H groups in total. The fourth-order valence-electron chi connectivity index (χ4n) is 2.12. The van der Waals surface area contributed by atoms with Crippen molar-refractivity contribution in [3.05, 3.63) is 46.9 Å². The van der Waals surface area contributed by atoms with Gasteiger partial charge >= 0.3 is 0 Å². The number of sulfonamides is 1. The highest BCUT2D eigenvalue weighted by atomic mass is 79.9. The summed E-state index contributed by atoms with van der Waals surface area (Å²) in [5, 5.41) is 0. The summed E-state index contributed by atoms with van der Waals surface area (Å²) in [7, 11) is -0.730. The van der Waals surface area contributed by atoms with Gasteiger partial charge in [-0.2, -0.15) is 0 Å². The number of benzene rings is 2. The summed E-state index contributed by atoms with van der Waals surface area (Å²) in [6.45, 7) is 1.91. The fraction of sp³-hybridized carbons (Fsp3) is 0.294. The van der Waals surface area contributed by atoms with Crippen LogP contribution in [0, 0.1) is 0 Å². The molecule has 2 aromatic rings. The third kappa shape index (κ3) is 5.35. The maximum absolute atomic E-state index is 12.6. The van der Waals surface area contributed by atoms with Gasteiger partial charge in [0.1, 0.15) is 28.8 Å². The van der Waals surface area contributed by atoms with E-state index >= 15 is 0 Å². The highest BCUT2D eigenvalue weighted by Crippen LogP contribution is 2.27. The Morgan fingerprint density at radius 1 is 1.04 bits per heavy atom. The number of hydrogen-bond donors (Lipinski definition) is 1. The predicted molar refractivity (Wildman–Crippen MR) is 99.0 cm³/mol. The summed E-state index contributed by atoms with van der Waals surface area (Å²) in [6, 6.07) is 11.4. The van der Waals surface area contributed by atoms with Gasteiger partial charge in [-0.3, -0.25) is 0 Å². The molecule has 0 unspecified atom stereocenters. The van der Waals surface area contributed by atoms with E-state index in [0.717, 1.165) is 5.75 Å². The maximum atomic E-state index is 12.6. The van der Waals surface area contributed by atoms with E-state index in [1.165, 1.54) is 13.2 Å². The third-order valence-corrected chi connectivity index (χ3v) is 5.43. The molecule has 0 aromatic heterocycles. The first-order chi connectivity index (χ1) is 11.9. The van der Waals surface area contributed by atoms with Gasteiger partial charge in [0.05, 0.1) is 20.3 Å². The smallest absolute Gasteiger partial charge is 0.244 e. The molecule has 0 aliphatic rings. The molecule has 0 amide bonds. The van der Waals surface area contributed by atoms with Gasteiger partial charge in [-0.15, -0.1) is 0 Å². The van der Waals surface area contributed by atoms with Gasteiger partial charge in [0.25, 0.3) is 0 Å². The summed E-state index contributed by atoms with van der Waals surface area (Å²) >= 11 is 3.27. The Bertz CT molecular complexity index is 808. The number of nitrogens with one attached hydrogen (secondary N) is 1. The first kappa shape index (κ1) is 19.6. The summed E-state index contributed by atoms with van der Waals surface area (Å²) in [4.78, 5) is 0.0701. The summed E-state index contributed by atoms with van der Waals surface area (Å²) in [6.07, 6.45) is 0. The number of ether oxygens (including phenoxy) is 3. The van der Waals surface area contributed by atoms with E-state index in [4.69, 9.17) is 14.2 Å². The van der Waals surface area contributed by atoms with Gasteiger partial charge in [0.2, 0.25) is 10.0 Å². The Kier molecular flexibility index (Phi) is 6.69. The van der Waals surface area contributed by atoms with Crippen LogP contribution in [-0.2, 0) is 10.0 Å². The van der Waals surface area contributed by atoms with E-state index in [2.05, 4.69) is 20.7 Å². The van der Waals surface area contributed by atoms with Crippen LogP contribution in [0.1, 0.15) is 6.92 Å². The van der Waals surface area contributed by atoms with Gasteiger partial charge < -0.3 is 14.2 Å². The molecule has 0 saturated carbocycles. The van der Waals surface area contributed by atoms with Crippen LogP contribution in [0.5, 0.6) is 17.2 Å². The van der Waals surface area contributed by atoms with Gasteiger partial charge in [0.15, 0.2) is 0 Å². The molecule has 0 fully saturated rings. The van der Waals surface area contributed by atoms with E-state index < -0.39 is 16.1 Å². The zero-order valence-corrected chi connectivity index (χ0v) is 16.6. The molecule has 0 spiro atoms. The largest absolute Gasteiger partial charge is 0.497 e. The second-order valence-corrected chi connectivity index (χ2v) is 7.90. The van der Waals surface area contributed by atoms with Gasteiger partial charge in [-0.25, -0.2) is 13.1 Å². The molecule has 6 nitrogen and oxygen atoms in total. The molecule has 0 radical (unpaired) electrons. The van der Waals surface area contributed by atoms with Crippen molar-refractivity contribution in [1.82, 2.24) is 4.72 Å². The lowest BCUT2D eigenvalue weighted by Crippen LogP contribution is -2.36. The Morgan fingerprint density at radius 3 is 2.28 bits per heavy atom. The number of methoxy groups -OCH3 is 2. The van der Waals surface area contributed by atoms with Crippen LogP contribution in [0.3, 0.4) is 0 Å². The molecule has 136 valence electrons.